The standard InChI is InChI=1S/C12H22N2O2/c1-9-10(2-7-16-9)11(15)14-8-12(3-4-12)5-6-13/h9-10H,2-8,13H2,1H3,(H,14,15). The number of carbonyl (C=O) groups is 1. The minimum absolute atomic E-state index is 0.0497. The molecule has 2 atom stereocenters. The van der Waals surface area contributed by atoms with E-state index in [2.05, 4.69) is 5.32 Å². The first kappa shape index (κ1) is 11.9. The van der Waals surface area contributed by atoms with Crippen LogP contribution < -0.4 is 11.1 Å². The van der Waals surface area contributed by atoms with Crippen molar-refractivity contribution in [3.8, 4) is 0 Å². The van der Waals surface area contributed by atoms with Gasteiger partial charge in [-0.3, -0.25) is 4.79 Å². The first-order valence-corrected chi connectivity index (χ1v) is 6.26. The number of hydrogen-bond donors (Lipinski definition) is 2. The lowest BCUT2D eigenvalue weighted by Gasteiger charge is -2.18. The molecule has 1 saturated carbocycles. The van der Waals surface area contributed by atoms with E-state index >= 15 is 0 Å². The van der Waals surface area contributed by atoms with Crippen molar-refractivity contribution in [1.29, 1.82) is 0 Å². The van der Waals surface area contributed by atoms with Gasteiger partial charge in [-0.2, -0.15) is 0 Å². The van der Waals surface area contributed by atoms with Crippen molar-refractivity contribution in [2.24, 2.45) is 17.1 Å². The predicted molar refractivity (Wildman–Crippen MR) is 61.9 cm³/mol. The average Bonchev–Trinajstić information content (AvgIpc) is 2.89. The van der Waals surface area contributed by atoms with Gasteiger partial charge in [0.1, 0.15) is 0 Å². The predicted octanol–water partition coefficient (Wildman–Crippen LogP) is 0.657. The molecule has 16 heavy (non-hydrogen) atoms. The van der Waals surface area contributed by atoms with Gasteiger partial charge in [-0.15, -0.1) is 0 Å². The highest BCUT2D eigenvalue weighted by molar-refractivity contribution is 5.79. The van der Waals surface area contributed by atoms with E-state index in [0.29, 0.717) is 12.0 Å². The van der Waals surface area contributed by atoms with Crippen LogP contribution in [0.3, 0.4) is 0 Å². The Labute approximate surface area is 96.9 Å². The lowest BCUT2D eigenvalue weighted by molar-refractivity contribution is -0.126. The summed E-state index contributed by atoms with van der Waals surface area (Å²) in [6.07, 6.45) is 4.38. The Morgan fingerprint density at radius 1 is 1.56 bits per heavy atom. The number of nitrogens with two attached hydrogens (primary N) is 1. The SMILES string of the molecule is CC1OCCC1C(=O)NCC1(CCN)CC1. The molecule has 92 valence electrons. The van der Waals surface area contributed by atoms with Gasteiger partial charge in [0.25, 0.3) is 0 Å². The molecule has 1 aliphatic heterocycles. The third-order valence-electron chi connectivity index (χ3n) is 3.98. The molecule has 2 unspecified atom stereocenters. The smallest absolute Gasteiger partial charge is 0.225 e. The van der Waals surface area contributed by atoms with Gasteiger partial charge in [0.05, 0.1) is 12.0 Å². The van der Waals surface area contributed by atoms with Crippen LogP contribution in [0.15, 0.2) is 0 Å². The molecule has 2 rings (SSSR count). The molecule has 0 bridgehead atoms. The quantitative estimate of drug-likeness (QED) is 0.723. The van der Waals surface area contributed by atoms with Gasteiger partial charge >= 0.3 is 0 Å². The molecule has 0 aromatic heterocycles. The Balaban J connectivity index is 1.75. The monoisotopic (exact) mass is 226 g/mol. The van der Waals surface area contributed by atoms with Crippen LogP contribution in [0.5, 0.6) is 0 Å². The van der Waals surface area contributed by atoms with Crippen molar-refractivity contribution >= 4 is 5.91 Å². The zero-order valence-electron chi connectivity index (χ0n) is 10.00. The summed E-state index contributed by atoms with van der Waals surface area (Å²) in [6.45, 7) is 4.21. The molecular formula is C12H22N2O2. The Morgan fingerprint density at radius 2 is 2.31 bits per heavy atom. The largest absolute Gasteiger partial charge is 0.378 e. The van der Waals surface area contributed by atoms with E-state index in [9.17, 15) is 4.79 Å². The molecule has 0 spiro atoms. The molecule has 2 aliphatic rings. The van der Waals surface area contributed by atoms with Gasteiger partial charge in [0.15, 0.2) is 0 Å². The van der Waals surface area contributed by atoms with Gasteiger partial charge in [-0.05, 0) is 44.6 Å². The van der Waals surface area contributed by atoms with Crippen LogP contribution in [0.2, 0.25) is 0 Å². The van der Waals surface area contributed by atoms with Gasteiger partial charge in [-0.1, -0.05) is 0 Å². The van der Waals surface area contributed by atoms with Crippen molar-refractivity contribution < 1.29 is 9.53 Å². The highest BCUT2D eigenvalue weighted by atomic mass is 16.5. The summed E-state index contributed by atoms with van der Waals surface area (Å²) in [4.78, 5) is 11.9. The number of amides is 1. The topological polar surface area (TPSA) is 64.3 Å². The van der Waals surface area contributed by atoms with E-state index in [1.165, 1.54) is 12.8 Å². The zero-order valence-corrected chi connectivity index (χ0v) is 10.00. The summed E-state index contributed by atoms with van der Waals surface area (Å²) >= 11 is 0. The maximum absolute atomic E-state index is 11.9. The number of rotatable bonds is 5. The van der Waals surface area contributed by atoms with E-state index < -0.39 is 0 Å². The summed E-state index contributed by atoms with van der Waals surface area (Å²) in [7, 11) is 0. The Morgan fingerprint density at radius 3 is 2.81 bits per heavy atom. The van der Waals surface area contributed by atoms with E-state index in [1.54, 1.807) is 0 Å². The fourth-order valence-electron chi connectivity index (χ4n) is 2.48. The first-order valence-electron chi connectivity index (χ1n) is 6.26. The van der Waals surface area contributed by atoms with Crippen molar-refractivity contribution in [3.63, 3.8) is 0 Å². The summed E-state index contributed by atoms with van der Waals surface area (Å²) in [6, 6.07) is 0. The molecule has 0 aromatic rings. The van der Waals surface area contributed by atoms with Gasteiger partial charge in [-0.25, -0.2) is 0 Å². The van der Waals surface area contributed by atoms with Crippen LogP contribution in [-0.2, 0) is 9.53 Å². The van der Waals surface area contributed by atoms with Crippen LogP contribution in [0.1, 0.15) is 32.6 Å². The second-order valence-corrected chi connectivity index (χ2v) is 5.23. The molecule has 4 heteroatoms. The van der Waals surface area contributed by atoms with E-state index in [-0.39, 0.29) is 17.9 Å². The Kier molecular flexibility index (Phi) is 3.50. The normalized spacial score (nSPS) is 31.4. The van der Waals surface area contributed by atoms with Crippen LogP contribution in [-0.4, -0.2) is 31.7 Å². The van der Waals surface area contributed by atoms with Crippen LogP contribution in [0.25, 0.3) is 0 Å². The summed E-state index contributed by atoms with van der Waals surface area (Å²) in [5.41, 5.74) is 5.90. The summed E-state index contributed by atoms with van der Waals surface area (Å²) in [5, 5.41) is 3.07. The molecule has 1 aliphatic carbocycles. The third-order valence-corrected chi connectivity index (χ3v) is 3.98. The van der Waals surface area contributed by atoms with Crippen molar-refractivity contribution in [2.75, 3.05) is 19.7 Å². The molecule has 1 heterocycles. The maximum Gasteiger partial charge on any atom is 0.225 e. The number of nitrogens with one attached hydrogen (secondary N) is 1. The third kappa shape index (κ3) is 2.55. The number of hydrogen-bond acceptors (Lipinski definition) is 3. The second-order valence-electron chi connectivity index (χ2n) is 5.23. The van der Waals surface area contributed by atoms with Crippen molar-refractivity contribution in [3.05, 3.63) is 0 Å². The summed E-state index contributed by atoms with van der Waals surface area (Å²) < 4.78 is 5.40. The van der Waals surface area contributed by atoms with Crippen LogP contribution >= 0.6 is 0 Å². The van der Waals surface area contributed by atoms with Gasteiger partial charge in [0.2, 0.25) is 5.91 Å². The molecular weight excluding hydrogens is 204 g/mol. The molecule has 3 N–H and O–H groups in total. The molecule has 2 fully saturated rings. The Bertz CT molecular complexity index is 264. The van der Waals surface area contributed by atoms with Crippen LogP contribution in [0, 0.1) is 11.3 Å². The van der Waals surface area contributed by atoms with Crippen LogP contribution in [0.4, 0.5) is 0 Å². The lowest BCUT2D eigenvalue weighted by Crippen LogP contribution is -2.38. The maximum atomic E-state index is 11.9. The van der Waals surface area contributed by atoms with Gasteiger partial charge < -0.3 is 15.8 Å². The molecule has 0 aromatic carbocycles. The highest BCUT2D eigenvalue weighted by Gasteiger charge is 2.42. The number of ether oxygens (including phenoxy) is 1. The number of carbonyl (C=O) groups excluding carboxylic acids is 1. The molecule has 0 radical (unpaired) electrons. The van der Waals surface area contributed by atoms with E-state index in [0.717, 1.165) is 25.9 Å². The van der Waals surface area contributed by atoms with Crippen molar-refractivity contribution in [1.82, 2.24) is 5.32 Å². The zero-order chi connectivity index (χ0) is 11.6. The second kappa shape index (κ2) is 4.72. The summed E-state index contributed by atoms with van der Waals surface area (Å²) in [5.74, 6) is 0.210. The highest BCUT2D eigenvalue weighted by Crippen LogP contribution is 2.47. The Hall–Kier alpha value is -0.610. The van der Waals surface area contributed by atoms with E-state index in [1.807, 2.05) is 6.92 Å². The van der Waals surface area contributed by atoms with Gasteiger partial charge in [0, 0.05) is 13.2 Å². The average molecular weight is 226 g/mol. The first-order chi connectivity index (χ1) is 7.67. The molecule has 1 saturated heterocycles. The fraction of sp³-hybridized carbons (Fsp3) is 0.917. The van der Waals surface area contributed by atoms with E-state index in [4.69, 9.17) is 10.5 Å². The van der Waals surface area contributed by atoms with Crippen molar-refractivity contribution in [2.45, 2.75) is 38.7 Å². The minimum Gasteiger partial charge on any atom is -0.378 e. The molecule has 4 nitrogen and oxygen atoms in total. The lowest BCUT2D eigenvalue weighted by atomic mass is 9.99. The minimum atomic E-state index is 0.0497. The fourth-order valence-corrected chi connectivity index (χ4v) is 2.48. The molecule has 1 amide bonds.